The van der Waals surface area contributed by atoms with Gasteiger partial charge in [-0.2, -0.15) is 8.42 Å². The van der Waals surface area contributed by atoms with Crippen molar-refractivity contribution in [2.75, 3.05) is 6.61 Å². The highest BCUT2D eigenvalue weighted by Gasteiger charge is 2.30. The second-order valence-electron chi connectivity index (χ2n) is 4.27. The number of benzene rings is 1. The summed E-state index contributed by atoms with van der Waals surface area (Å²) < 4.78 is 47.1. The molecule has 0 unspecified atom stereocenters. The highest BCUT2D eigenvalue weighted by molar-refractivity contribution is 7.87. The van der Waals surface area contributed by atoms with Crippen molar-refractivity contribution in [1.29, 1.82) is 5.41 Å². The lowest BCUT2D eigenvalue weighted by molar-refractivity contribution is -0.387. The summed E-state index contributed by atoms with van der Waals surface area (Å²) in [6.07, 6.45) is -2.83. The summed E-state index contributed by atoms with van der Waals surface area (Å²) >= 11 is 0. The highest BCUT2D eigenvalue weighted by Crippen LogP contribution is 2.26. The Labute approximate surface area is 127 Å². The molecule has 0 aliphatic heterocycles. The smallest absolute Gasteiger partial charge is 0.304 e. The summed E-state index contributed by atoms with van der Waals surface area (Å²) in [4.78, 5) is 9.41. The molecule has 0 amide bonds. The Bertz CT molecular complexity index is 641. The molecule has 0 aromatic heterocycles. The molecule has 2 atom stereocenters. The highest BCUT2D eigenvalue weighted by atomic mass is 32.2. The van der Waals surface area contributed by atoms with Gasteiger partial charge in [-0.1, -0.05) is 12.1 Å². The average Bonchev–Trinajstić information content (AvgIpc) is 2.46. The number of alkyl halides is 1. The van der Waals surface area contributed by atoms with Crippen LogP contribution in [-0.4, -0.2) is 46.5 Å². The van der Waals surface area contributed by atoms with E-state index >= 15 is 0 Å². The number of nitro benzene ring substituents is 1. The van der Waals surface area contributed by atoms with Crippen molar-refractivity contribution >= 4 is 30.1 Å². The van der Waals surface area contributed by atoms with Gasteiger partial charge in [0, 0.05) is 18.7 Å². The standard InChI is InChI=1S/C11H14BFN2O6S/c12-20-7-9(5-8(13)6-14)21-22(18,19)11-4-2-1-3-10(11)15(16)17/h1-4,6,8-9,14H,5,7,12H2/t8-,9-/m0/s1. The Morgan fingerprint density at radius 2 is 2.09 bits per heavy atom. The monoisotopic (exact) mass is 332 g/mol. The van der Waals surface area contributed by atoms with Gasteiger partial charge >= 0.3 is 10.1 Å². The zero-order valence-electron chi connectivity index (χ0n) is 11.6. The van der Waals surface area contributed by atoms with E-state index in [1.807, 2.05) is 0 Å². The van der Waals surface area contributed by atoms with E-state index < -0.39 is 44.3 Å². The molecule has 0 fully saturated rings. The van der Waals surface area contributed by atoms with Gasteiger partial charge in [0.1, 0.15) is 12.3 Å². The third-order valence-corrected chi connectivity index (χ3v) is 4.02. The molecule has 0 heterocycles. The minimum Gasteiger partial charge on any atom is -0.441 e. The van der Waals surface area contributed by atoms with Gasteiger partial charge in [-0.3, -0.25) is 14.3 Å². The van der Waals surface area contributed by atoms with Crippen LogP contribution in [0, 0.1) is 15.5 Å². The van der Waals surface area contributed by atoms with Crippen LogP contribution < -0.4 is 0 Å². The molecular weight excluding hydrogens is 318 g/mol. The van der Waals surface area contributed by atoms with Gasteiger partial charge < -0.3 is 10.1 Å². The van der Waals surface area contributed by atoms with E-state index in [4.69, 9.17) is 14.2 Å². The van der Waals surface area contributed by atoms with Gasteiger partial charge in [-0.25, -0.2) is 4.39 Å². The molecule has 11 heteroatoms. The maximum atomic E-state index is 13.2. The number of hydrogen-bond acceptors (Lipinski definition) is 7. The molecule has 0 saturated carbocycles. The summed E-state index contributed by atoms with van der Waals surface area (Å²) in [7, 11) is -3.21. The van der Waals surface area contributed by atoms with Crippen molar-refractivity contribution in [2.45, 2.75) is 23.6 Å². The van der Waals surface area contributed by atoms with Crippen LogP contribution in [0.5, 0.6) is 0 Å². The fourth-order valence-electron chi connectivity index (χ4n) is 1.69. The number of nitrogens with one attached hydrogen (secondary N) is 1. The zero-order valence-corrected chi connectivity index (χ0v) is 12.5. The minimum absolute atomic E-state index is 0.242. The van der Waals surface area contributed by atoms with Gasteiger partial charge in [-0.05, 0) is 6.07 Å². The van der Waals surface area contributed by atoms with E-state index in [1.165, 1.54) is 20.2 Å². The van der Waals surface area contributed by atoms with Gasteiger partial charge in [0.25, 0.3) is 13.7 Å². The topological polar surface area (TPSA) is 120 Å². The Balaban J connectivity index is 3.07. The van der Waals surface area contributed by atoms with E-state index in [1.54, 1.807) is 0 Å². The van der Waals surface area contributed by atoms with Crippen LogP contribution in [0.15, 0.2) is 29.2 Å². The normalized spacial score (nSPS) is 14.2. The Kier molecular flexibility index (Phi) is 6.59. The second-order valence-corrected chi connectivity index (χ2v) is 5.81. The van der Waals surface area contributed by atoms with Crippen LogP contribution in [0.25, 0.3) is 0 Å². The van der Waals surface area contributed by atoms with Gasteiger partial charge in [0.2, 0.25) is 0 Å². The molecule has 1 N–H and O–H groups in total. The van der Waals surface area contributed by atoms with Crippen molar-refractivity contribution in [3.05, 3.63) is 34.4 Å². The van der Waals surface area contributed by atoms with Crippen LogP contribution in [0.3, 0.4) is 0 Å². The van der Waals surface area contributed by atoms with Crippen molar-refractivity contribution in [1.82, 2.24) is 0 Å². The number of para-hydroxylation sites is 1. The fourth-order valence-corrected chi connectivity index (χ4v) is 2.93. The predicted octanol–water partition coefficient (Wildman–Crippen LogP) is 0.611. The van der Waals surface area contributed by atoms with Crippen LogP contribution in [0.2, 0.25) is 0 Å². The van der Waals surface area contributed by atoms with Crippen LogP contribution in [0.4, 0.5) is 10.1 Å². The van der Waals surface area contributed by atoms with Gasteiger partial charge in [0.15, 0.2) is 4.90 Å². The number of hydrogen-bond donors (Lipinski definition) is 1. The lowest BCUT2D eigenvalue weighted by Crippen LogP contribution is -2.27. The first kappa shape index (κ1) is 18.2. The Morgan fingerprint density at radius 1 is 1.45 bits per heavy atom. The number of nitrogens with zero attached hydrogens (tertiary/aromatic N) is 1. The molecule has 22 heavy (non-hydrogen) atoms. The molecule has 0 aliphatic carbocycles. The molecule has 0 saturated heterocycles. The van der Waals surface area contributed by atoms with Crippen molar-refractivity contribution in [3.63, 3.8) is 0 Å². The maximum absolute atomic E-state index is 13.2. The average molecular weight is 332 g/mol. The maximum Gasteiger partial charge on any atom is 0.304 e. The van der Waals surface area contributed by atoms with E-state index in [0.29, 0.717) is 6.21 Å². The molecule has 1 aromatic carbocycles. The van der Waals surface area contributed by atoms with Crippen LogP contribution >= 0.6 is 0 Å². The van der Waals surface area contributed by atoms with Crippen molar-refractivity contribution < 1.29 is 26.6 Å². The van der Waals surface area contributed by atoms with E-state index in [0.717, 1.165) is 12.1 Å². The third-order valence-electron chi connectivity index (χ3n) is 2.62. The number of rotatable bonds is 9. The Morgan fingerprint density at radius 3 is 2.64 bits per heavy atom. The van der Waals surface area contributed by atoms with Crippen molar-refractivity contribution in [2.24, 2.45) is 0 Å². The SMILES string of the molecule is BOC[C@H](C[C@H](F)C=N)OS(=O)(=O)c1ccccc1[N+](=O)[O-]. The third kappa shape index (κ3) is 4.86. The van der Waals surface area contributed by atoms with Gasteiger partial charge in [0.05, 0.1) is 11.5 Å². The summed E-state index contributed by atoms with van der Waals surface area (Å²) in [5, 5.41) is 17.7. The first-order valence-corrected chi connectivity index (χ1v) is 7.53. The van der Waals surface area contributed by atoms with Crippen LogP contribution in [-0.2, 0) is 19.0 Å². The van der Waals surface area contributed by atoms with Gasteiger partial charge in [-0.15, -0.1) is 0 Å². The largest absolute Gasteiger partial charge is 0.441 e. The van der Waals surface area contributed by atoms with E-state index in [2.05, 4.69) is 0 Å². The molecule has 120 valence electrons. The first-order chi connectivity index (χ1) is 10.3. The molecular formula is C11H14BFN2O6S. The van der Waals surface area contributed by atoms with Crippen LogP contribution in [0.1, 0.15) is 6.42 Å². The van der Waals surface area contributed by atoms with E-state index in [9.17, 15) is 22.9 Å². The van der Waals surface area contributed by atoms with E-state index in [-0.39, 0.29) is 6.61 Å². The number of halogens is 1. The zero-order chi connectivity index (χ0) is 16.8. The molecule has 0 radical (unpaired) electrons. The summed E-state index contributed by atoms with van der Waals surface area (Å²) in [5.74, 6) is 0. The summed E-state index contributed by atoms with van der Waals surface area (Å²) in [6, 6.07) is 4.68. The first-order valence-electron chi connectivity index (χ1n) is 6.12. The lowest BCUT2D eigenvalue weighted by Gasteiger charge is -2.17. The summed E-state index contributed by atoms with van der Waals surface area (Å²) in [5.41, 5.74) is -0.637. The molecule has 0 bridgehead atoms. The second kappa shape index (κ2) is 7.96. The molecule has 1 aromatic rings. The Hall–Kier alpha value is -1.85. The molecule has 8 nitrogen and oxygen atoms in total. The quantitative estimate of drug-likeness (QED) is 0.233. The fraction of sp³-hybridized carbons (Fsp3) is 0.364. The molecule has 0 aliphatic rings. The number of nitro groups is 1. The lowest BCUT2D eigenvalue weighted by atomic mass is 10.2. The summed E-state index contributed by atoms with van der Waals surface area (Å²) in [6.45, 7) is -0.242. The predicted molar refractivity (Wildman–Crippen MR) is 77.9 cm³/mol. The minimum atomic E-state index is -4.47. The molecule has 1 rings (SSSR count). The van der Waals surface area contributed by atoms with Crippen molar-refractivity contribution in [3.8, 4) is 0 Å². The molecule has 0 spiro atoms.